The van der Waals surface area contributed by atoms with Gasteiger partial charge in [0.15, 0.2) is 0 Å². The second kappa shape index (κ2) is 7.59. The second-order valence-corrected chi connectivity index (χ2v) is 6.11. The highest BCUT2D eigenvalue weighted by Crippen LogP contribution is 2.31. The molecule has 0 spiro atoms. The molecule has 0 aliphatic carbocycles. The second-order valence-electron chi connectivity index (χ2n) is 6.11. The van der Waals surface area contributed by atoms with Crippen molar-refractivity contribution in [3.63, 3.8) is 0 Å². The number of rotatable bonds is 6. The first-order valence-electron chi connectivity index (χ1n) is 8.59. The van der Waals surface area contributed by atoms with E-state index in [2.05, 4.69) is 0 Å². The van der Waals surface area contributed by atoms with Crippen molar-refractivity contribution in [2.24, 2.45) is 0 Å². The smallest absolute Gasteiger partial charge is 0.383 e. The number of aliphatic hydroxyl groups is 1. The summed E-state index contributed by atoms with van der Waals surface area (Å²) in [5.41, 5.74) is 1.34. The first-order chi connectivity index (χ1) is 13.0. The summed E-state index contributed by atoms with van der Waals surface area (Å²) in [5, 5.41) is 11.2. The molecule has 1 fully saturated rings. The van der Waals surface area contributed by atoms with Crippen LogP contribution in [0.25, 0.3) is 0 Å². The van der Waals surface area contributed by atoms with Gasteiger partial charge >= 0.3 is 23.6 Å². The maximum Gasteiger partial charge on any atom is 0.383 e. The molecule has 7 nitrogen and oxygen atoms in total. The fourth-order valence-electron chi connectivity index (χ4n) is 3.00. The molecule has 27 heavy (non-hydrogen) atoms. The molecule has 2 aromatic carbocycles. The minimum Gasteiger partial charge on any atom is -0.461 e. The summed E-state index contributed by atoms with van der Waals surface area (Å²) in [6.07, 6.45) is 0. The summed E-state index contributed by atoms with van der Waals surface area (Å²) >= 11 is 0. The lowest BCUT2D eigenvalue weighted by Gasteiger charge is -2.35. The molecule has 0 saturated carbocycles. The molecule has 7 heteroatoms. The van der Waals surface area contributed by atoms with Crippen LogP contribution in [0.2, 0.25) is 0 Å². The van der Waals surface area contributed by atoms with Crippen molar-refractivity contribution in [2.75, 3.05) is 6.61 Å². The number of nitrogens with zero attached hydrogens (tertiary/aromatic N) is 2. The molecular formula is C20H20N2O5. The van der Waals surface area contributed by atoms with E-state index >= 15 is 0 Å². The summed E-state index contributed by atoms with van der Waals surface area (Å²) < 4.78 is 4.98. The largest absolute Gasteiger partial charge is 0.461 e. The van der Waals surface area contributed by atoms with Crippen molar-refractivity contribution in [1.29, 1.82) is 0 Å². The number of amides is 2. The van der Waals surface area contributed by atoms with Crippen molar-refractivity contribution in [3.8, 4) is 0 Å². The van der Waals surface area contributed by atoms with Crippen LogP contribution in [-0.2, 0) is 32.2 Å². The molecule has 3 rings (SSSR count). The summed E-state index contributed by atoms with van der Waals surface area (Å²) in [5.74, 6) is -5.47. The molecule has 0 atom stereocenters. The lowest BCUT2D eigenvalue weighted by molar-refractivity contribution is -0.217. The Morgan fingerprint density at radius 2 is 1.30 bits per heavy atom. The van der Waals surface area contributed by atoms with Gasteiger partial charge in [-0.15, -0.1) is 0 Å². The molecule has 1 aliphatic rings. The molecule has 1 saturated heterocycles. The van der Waals surface area contributed by atoms with E-state index in [1.807, 2.05) is 0 Å². The van der Waals surface area contributed by atoms with Gasteiger partial charge in [0, 0.05) is 0 Å². The van der Waals surface area contributed by atoms with Crippen LogP contribution in [0.15, 0.2) is 60.7 Å². The first-order valence-corrected chi connectivity index (χ1v) is 8.59. The number of hydrogen-bond acceptors (Lipinski definition) is 5. The summed E-state index contributed by atoms with van der Waals surface area (Å²) in [6, 6.07) is 17.6. The predicted molar refractivity (Wildman–Crippen MR) is 95.6 cm³/mol. The van der Waals surface area contributed by atoms with Gasteiger partial charge in [0.1, 0.15) is 0 Å². The molecule has 2 aromatic rings. The van der Waals surface area contributed by atoms with Gasteiger partial charge in [-0.2, -0.15) is 0 Å². The predicted octanol–water partition coefficient (Wildman–Crippen LogP) is 1.27. The lowest BCUT2D eigenvalue weighted by Crippen LogP contribution is -2.60. The molecule has 1 N–H and O–H groups in total. The van der Waals surface area contributed by atoms with Crippen molar-refractivity contribution in [1.82, 2.24) is 9.80 Å². The Bertz CT molecular complexity index is 778. The van der Waals surface area contributed by atoms with E-state index in [9.17, 15) is 19.5 Å². The van der Waals surface area contributed by atoms with E-state index in [1.54, 1.807) is 67.6 Å². The molecule has 0 unspecified atom stereocenters. The van der Waals surface area contributed by atoms with Gasteiger partial charge in [-0.05, 0) is 18.1 Å². The number of ether oxygens (including phenoxy) is 1. The minimum absolute atomic E-state index is 0.00186. The summed E-state index contributed by atoms with van der Waals surface area (Å²) in [6.45, 7) is 1.38. The summed E-state index contributed by atoms with van der Waals surface area (Å²) in [4.78, 5) is 39.5. The zero-order valence-electron chi connectivity index (χ0n) is 14.9. The maximum atomic E-state index is 12.6. The van der Waals surface area contributed by atoms with E-state index in [1.165, 1.54) is 0 Å². The Labute approximate surface area is 156 Å². The Hall–Kier alpha value is -3.19. The average Bonchev–Trinajstić information content (AvgIpc) is 2.86. The monoisotopic (exact) mass is 368 g/mol. The van der Waals surface area contributed by atoms with E-state index in [4.69, 9.17) is 4.74 Å². The van der Waals surface area contributed by atoms with Crippen LogP contribution in [0.4, 0.5) is 0 Å². The van der Waals surface area contributed by atoms with Crippen LogP contribution in [0.5, 0.6) is 0 Å². The molecular weight excluding hydrogens is 348 g/mol. The van der Waals surface area contributed by atoms with E-state index in [0.29, 0.717) is 11.1 Å². The fourth-order valence-corrected chi connectivity index (χ4v) is 3.00. The van der Waals surface area contributed by atoms with Gasteiger partial charge in [0.25, 0.3) is 0 Å². The third kappa shape index (κ3) is 3.41. The highest BCUT2D eigenvalue weighted by molar-refractivity contribution is 6.38. The van der Waals surface area contributed by atoms with Gasteiger partial charge in [-0.3, -0.25) is 19.4 Å². The van der Waals surface area contributed by atoms with E-state index in [0.717, 1.165) is 9.80 Å². The fraction of sp³-hybridized carbons (Fsp3) is 0.250. The molecule has 1 aliphatic heterocycles. The SMILES string of the molecule is CCOC(=O)C1(O)N(Cc2ccccc2)C(=O)C(=O)N1Cc1ccccc1. The van der Waals surface area contributed by atoms with Crippen LogP contribution >= 0.6 is 0 Å². The molecule has 2 amide bonds. The van der Waals surface area contributed by atoms with Crippen molar-refractivity contribution < 1.29 is 24.2 Å². The Morgan fingerprint density at radius 3 is 1.67 bits per heavy atom. The van der Waals surface area contributed by atoms with Crippen molar-refractivity contribution in [2.45, 2.75) is 25.9 Å². The quantitative estimate of drug-likeness (QED) is 0.613. The Balaban J connectivity index is 1.99. The molecule has 1 heterocycles. The number of carbonyl (C=O) groups is 3. The number of hydrogen-bond donors (Lipinski definition) is 1. The zero-order valence-corrected chi connectivity index (χ0v) is 14.9. The third-order valence-electron chi connectivity index (χ3n) is 4.34. The highest BCUT2D eigenvalue weighted by atomic mass is 16.6. The number of benzene rings is 2. The van der Waals surface area contributed by atoms with Gasteiger partial charge in [-0.25, -0.2) is 4.79 Å². The Kier molecular flexibility index (Phi) is 5.23. The average molecular weight is 368 g/mol. The van der Waals surface area contributed by atoms with Crippen LogP contribution in [0, 0.1) is 0 Å². The first kappa shape index (κ1) is 18.6. The lowest BCUT2D eigenvalue weighted by atomic mass is 10.2. The highest BCUT2D eigenvalue weighted by Gasteiger charge is 2.61. The van der Waals surface area contributed by atoms with E-state index in [-0.39, 0.29) is 19.7 Å². The van der Waals surface area contributed by atoms with Crippen LogP contribution in [-0.4, -0.2) is 45.1 Å². The van der Waals surface area contributed by atoms with E-state index < -0.39 is 23.6 Å². The molecule has 0 aromatic heterocycles. The molecule has 0 radical (unpaired) electrons. The number of carbonyl (C=O) groups excluding carboxylic acids is 3. The van der Waals surface area contributed by atoms with Crippen LogP contribution < -0.4 is 0 Å². The van der Waals surface area contributed by atoms with Crippen LogP contribution in [0.1, 0.15) is 18.1 Å². The van der Waals surface area contributed by atoms with Crippen molar-refractivity contribution >= 4 is 17.8 Å². The standard InChI is InChI=1S/C20H20N2O5/c1-2-27-19(25)20(26)21(13-15-9-5-3-6-10-15)17(23)18(24)22(20)14-16-11-7-4-8-12-16/h3-12,26H,2,13-14H2,1H3. The third-order valence-corrected chi connectivity index (χ3v) is 4.34. The van der Waals surface area contributed by atoms with Crippen LogP contribution in [0.3, 0.4) is 0 Å². The molecule has 0 bridgehead atoms. The van der Waals surface area contributed by atoms with Gasteiger partial charge in [0.05, 0.1) is 19.7 Å². The number of esters is 1. The Morgan fingerprint density at radius 1 is 0.889 bits per heavy atom. The van der Waals surface area contributed by atoms with Gasteiger partial charge in [-0.1, -0.05) is 60.7 Å². The molecule has 140 valence electrons. The minimum atomic E-state index is -2.50. The topological polar surface area (TPSA) is 87.1 Å². The van der Waals surface area contributed by atoms with Gasteiger partial charge < -0.3 is 9.84 Å². The zero-order chi connectivity index (χ0) is 19.4. The summed E-state index contributed by atoms with van der Waals surface area (Å²) in [7, 11) is 0. The van der Waals surface area contributed by atoms with Crippen molar-refractivity contribution in [3.05, 3.63) is 71.8 Å². The maximum absolute atomic E-state index is 12.6. The van der Waals surface area contributed by atoms with Gasteiger partial charge in [0.2, 0.25) is 0 Å². The normalized spacial score (nSPS) is 15.9.